The SMILES string of the molecule is [B]c1ccc2nccc(Nc3ccc(C(=O)Nc4ccc(Oc5ccncc5)cc4)cc3)c2c1. The average molecular weight is 442 g/mol. The molecule has 5 rings (SSSR count). The molecule has 0 aliphatic carbocycles. The van der Waals surface area contributed by atoms with Gasteiger partial charge in [0.25, 0.3) is 5.91 Å². The van der Waals surface area contributed by atoms with E-state index >= 15 is 0 Å². The molecule has 0 saturated heterocycles. The van der Waals surface area contributed by atoms with Gasteiger partial charge in [-0.05, 0) is 72.8 Å². The van der Waals surface area contributed by atoms with Crippen LogP contribution in [0.4, 0.5) is 17.1 Å². The first kappa shape index (κ1) is 21.2. The highest BCUT2D eigenvalue weighted by atomic mass is 16.5. The minimum absolute atomic E-state index is 0.198. The summed E-state index contributed by atoms with van der Waals surface area (Å²) < 4.78 is 5.75. The number of anilines is 3. The standard InChI is InChI=1S/C27H19BN4O2/c28-19-3-10-25-24(17-19)26(13-16-30-25)31-20-4-1-18(2-5-20)27(33)32-21-6-8-22(9-7-21)34-23-11-14-29-15-12-23/h1-17H,(H,30,31)(H,32,33). The number of aromatic nitrogens is 2. The molecule has 0 fully saturated rings. The summed E-state index contributed by atoms with van der Waals surface area (Å²) in [6.07, 6.45) is 5.08. The number of nitrogens with one attached hydrogen (secondary N) is 2. The number of fused-ring (bicyclic) bond motifs is 1. The molecule has 162 valence electrons. The number of hydrogen-bond donors (Lipinski definition) is 2. The van der Waals surface area contributed by atoms with Crippen LogP contribution in [-0.4, -0.2) is 23.7 Å². The second kappa shape index (κ2) is 9.46. The smallest absolute Gasteiger partial charge is 0.255 e. The van der Waals surface area contributed by atoms with E-state index in [1.165, 1.54) is 0 Å². The van der Waals surface area contributed by atoms with Gasteiger partial charge in [-0.3, -0.25) is 14.8 Å². The van der Waals surface area contributed by atoms with Crippen molar-refractivity contribution in [2.75, 3.05) is 10.6 Å². The maximum atomic E-state index is 12.7. The lowest BCUT2D eigenvalue weighted by Crippen LogP contribution is -2.11. The molecule has 1 amide bonds. The maximum absolute atomic E-state index is 12.7. The van der Waals surface area contributed by atoms with Crippen LogP contribution in [0.5, 0.6) is 11.5 Å². The number of hydrogen-bond acceptors (Lipinski definition) is 5. The molecule has 6 nitrogen and oxygen atoms in total. The van der Waals surface area contributed by atoms with E-state index in [0.29, 0.717) is 28.2 Å². The predicted molar refractivity (Wildman–Crippen MR) is 136 cm³/mol. The van der Waals surface area contributed by atoms with Crippen LogP contribution in [0.3, 0.4) is 0 Å². The number of amides is 1. The highest BCUT2D eigenvalue weighted by molar-refractivity contribution is 6.33. The van der Waals surface area contributed by atoms with Gasteiger partial charge in [-0.1, -0.05) is 17.6 Å². The highest BCUT2D eigenvalue weighted by Gasteiger charge is 2.08. The van der Waals surface area contributed by atoms with Crippen molar-refractivity contribution in [3.05, 3.63) is 109 Å². The second-order valence-electron chi connectivity index (χ2n) is 7.60. The van der Waals surface area contributed by atoms with Gasteiger partial charge >= 0.3 is 0 Å². The minimum Gasteiger partial charge on any atom is -0.457 e. The quantitative estimate of drug-likeness (QED) is 0.353. The third kappa shape index (κ3) is 4.89. The lowest BCUT2D eigenvalue weighted by Gasteiger charge is -2.11. The van der Waals surface area contributed by atoms with Crippen molar-refractivity contribution in [2.45, 2.75) is 0 Å². The number of ether oxygens (including phenoxy) is 1. The molecular formula is C27H19BN4O2. The normalized spacial score (nSPS) is 10.6. The lowest BCUT2D eigenvalue weighted by atomic mass is 9.94. The number of carbonyl (C=O) groups excluding carboxylic acids is 1. The van der Waals surface area contributed by atoms with E-state index in [1.54, 1.807) is 67.1 Å². The van der Waals surface area contributed by atoms with E-state index in [0.717, 1.165) is 22.3 Å². The zero-order valence-corrected chi connectivity index (χ0v) is 18.1. The van der Waals surface area contributed by atoms with Crippen molar-refractivity contribution < 1.29 is 9.53 Å². The van der Waals surface area contributed by atoms with Gasteiger partial charge in [0.2, 0.25) is 0 Å². The summed E-state index contributed by atoms with van der Waals surface area (Å²) in [5.74, 6) is 1.17. The Hall–Kier alpha value is -4.65. The number of pyridine rings is 2. The summed E-state index contributed by atoms with van der Waals surface area (Å²) in [7, 11) is 5.94. The zero-order valence-electron chi connectivity index (χ0n) is 18.1. The lowest BCUT2D eigenvalue weighted by molar-refractivity contribution is 0.102. The van der Waals surface area contributed by atoms with Crippen LogP contribution in [0, 0.1) is 0 Å². The van der Waals surface area contributed by atoms with Gasteiger partial charge < -0.3 is 15.4 Å². The van der Waals surface area contributed by atoms with E-state index in [2.05, 4.69) is 20.6 Å². The average Bonchev–Trinajstić information content (AvgIpc) is 2.87. The Labute approximate surface area is 198 Å². The van der Waals surface area contributed by atoms with Gasteiger partial charge in [-0.15, -0.1) is 0 Å². The van der Waals surface area contributed by atoms with Crippen molar-refractivity contribution in [1.29, 1.82) is 0 Å². The molecule has 0 unspecified atom stereocenters. The van der Waals surface area contributed by atoms with Crippen LogP contribution in [0.1, 0.15) is 10.4 Å². The van der Waals surface area contributed by atoms with Gasteiger partial charge in [-0.2, -0.15) is 0 Å². The summed E-state index contributed by atoms with van der Waals surface area (Å²) in [6.45, 7) is 0. The van der Waals surface area contributed by atoms with E-state index in [9.17, 15) is 4.79 Å². The van der Waals surface area contributed by atoms with Gasteiger partial charge in [0.15, 0.2) is 0 Å². The molecule has 5 aromatic rings. The van der Waals surface area contributed by atoms with E-state index in [1.807, 2.05) is 36.4 Å². The van der Waals surface area contributed by atoms with Crippen LogP contribution < -0.4 is 20.8 Å². The number of rotatable bonds is 6. The predicted octanol–water partition coefficient (Wildman–Crippen LogP) is 5.21. The van der Waals surface area contributed by atoms with Gasteiger partial charge in [0.1, 0.15) is 19.3 Å². The van der Waals surface area contributed by atoms with Crippen molar-refractivity contribution in [2.24, 2.45) is 0 Å². The Morgan fingerprint density at radius 3 is 2.24 bits per heavy atom. The fraction of sp³-hybridized carbons (Fsp3) is 0. The molecule has 34 heavy (non-hydrogen) atoms. The molecule has 0 saturated carbocycles. The molecule has 2 N–H and O–H groups in total. The highest BCUT2D eigenvalue weighted by Crippen LogP contribution is 2.25. The first-order chi connectivity index (χ1) is 16.6. The van der Waals surface area contributed by atoms with Crippen LogP contribution >= 0.6 is 0 Å². The van der Waals surface area contributed by atoms with Crippen LogP contribution in [0.25, 0.3) is 10.9 Å². The molecule has 2 heterocycles. The second-order valence-corrected chi connectivity index (χ2v) is 7.60. The Bertz CT molecular complexity index is 1440. The summed E-state index contributed by atoms with van der Waals surface area (Å²) in [6, 6.07) is 25.5. The third-order valence-electron chi connectivity index (χ3n) is 5.19. The molecule has 0 atom stereocenters. The number of benzene rings is 3. The number of nitrogens with zero attached hydrogens (tertiary/aromatic N) is 2. The molecule has 0 spiro atoms. The van der Waals surface area contributed by atoms with Crippen LogP contribution in [0.2, 0.25) is 0 Å². The van der Waals surface area contributed by atoms with Crippen molar-refractivity contribution in [1.82, 2.24) is 9.97 Å². The molecule has 3 aromatic carbocycles. The Morgan fingerprint density at radius 2 is 1.47 bits per heavy atom. The van der Waals surface area contributed by atoms with Crippen molar-refractivity contribution in [3.63, 3.8) is 0 Å². The van der Waals surface area contributed by atoms with Gasteiger partial charge in [0, 0.05) is 46.6 Å². The maximum Gasteiger partial charge on any atom is 0.255 e. The Morgan fingerprint density at radius 1 is 0.765 bits per heavy atom. The molecular weight excluding hydrogens is 423 g/mol. The topological polar surface area (TPSA) is 76.1 Å². The summed E-state index contributed by atoms with van der Waals surface area (Å²) in [5, 5.41) is 7.20. The Kier molecular flexibility index (Phi) is 5.90. The summed E-state index contributed by atoms with van der Waals surface area (Å²) in [4.78, 5) is 21.0. The van der Waals surface area contributed by atoms with E-state index in [4.69, 9.17) is 12.6 Å². The fourth-order valence-electron chi connectivity index (χ4n) is 3.49. The first-order valence-corrected chi connectivity index (χ1v) is 10.6. The molecule has 2 radical (unpaired) electrons. The molecule has 0 aliphatic rings. The first-order valence-electron chi connectivity index (χ1n) is 10.6. The molecule has 0 aliphatic heterocycles. The molecule has 2 aromatic heterocycles. The van der Waals surface area contributed by atoms with Crippen LogP contribution in [-0.2, 0) is 0 Å². The fourth-order valence-corrected chi connectivity index (χ4v) is 3.49. The summed E-state index contributed by atoms with van der Waals surface area (Å²) >= 11 is 0. The van der Waals surface area contributed by atoms with E-state index < -0.39 is 0 Å². The Balaban J connectivity index is 1.24. The third-order valence-corrected chi connectivity index (χ3v) is 5.19. The van der Waals surface area contributed by atoms with Crippen LogP contribution in [0.15, 0.2) is 104 Å². The summed E-state index contributed by atoms with van der Waals surface area (Å²) in [5.41, 5.74) is 4.49. The zero-order chi connectivity index (χ0) is 23.3. The van der Waals surface area contributed by atoms with Crippen molar-refractivity contribution >= 4 is 47.2 Å². The van der Waals surface area contributed by atoms with Gasteiger partial charge in [0.05, 0.1) is 5.52 Å². The van der Waals surface area contributed by atoms with Gasteiger partial charge in [-0.25, -0.2) is 0 Å². The molecule has 0 bridgehead atoms. The van der Waals surface area contributed by atoms with E-state index in [-0.39, 0.29) is 5.91 Å². The minimum atomic E-state index is -0.198. The monoisotopic (exact) mass is 442 g/mol. The largest absolute Gasteiger partial charge is 0.457 e. The number of carbonyl (C=O) groups is 1. The van der Waals surface area contributed by atoms with Crippen molar-refractivity contribution in [3.8, 4) is 11.5 Å². The molecule has 7 heteroatoms.